The lowest BCUT2D eigenvalue weighted by Gasteiger charge is -2.27. The van der Waals surface area contributed by atoms with E-state index < -0.39 is 0 Å². The first-order chi connectivity index (χ1) is 72.0. The molecule has 30 rings (SSSR count). The minimum atomic E-state index is 0.774. The molecule has 146 heavy (non-hydrogen) atoms. The van der Waals surface area contributed by atoms with Crippen LogP contribution < -0.4 is 19.6 Å². The molecule has 0 spiro atoms. The number of rotatable bonds is 13. The third kappa shape index (κ3) is 16.6. The van der Waals surface area contributed by atoms with E-state index in [2.05, 4.69) is 469 Å². The van der Waals surface area contributed by atoms with Crippen LogP contribution in [0.2, 0.25) is 20.1 Å². The van der Waals surface area contributed by atoms with Gasteiger partial charge in [-0.25, -0.2) is 0 Å². The number of anilines is 12. The molecule has 0 radical (unpaired) electrons. The van der Waals surface area contributed by atoms with Crippen molar-refractivity contribution in [2.75, 3.05) is 19.6 Å². The smallest absolute Gasteiger partial charge is 0.0640 e. The van der Waals surface area contributed by atoms with Gasteiger partial charge in [0.1, 0.15) is 0 Å². The van der Waals surface area contributed by atoms with Gasteiger partial charge in [0.2, 0.25) is 0 Å². The summed E-state index contributed by atoms with van der Waals surface area (Å²) in [6, 6.07) is 170. The lowest BCUT2D eigenvalue weighted by Crippen LogP contribution is -2.10. The highest BCUT2D eigenvalue weighted by molar-refractivity contribution is 7.29. The maximum absolute atomic E-state index is 6.33. The Labute approximate surface area is 892 Å². The molecule has 0 unspecified atom stereocenters. The van der Waals surface area contributed by atoms with Gasteiger partial charge in [0, 0.05) is 233 Å². The van der Waals surface area contributed by atoms with Crippen molar-refractivity contribution in [1.29, 1.82) is 0 Å². The lowest BCUT2D eigenvalue weighted by molar-refractivity contribution is 1.30. The molecule has 0 aliphatic heterocycles. The number of fused-ring (bicyclic) bond motifs is 25. The van der Waals surface area contributed by atoms with Gasteiger partial charge in [-0.2, -0.15) is 0 Å². The first-order valence-corrected chi connectivity index (χ1v) is 56.1. The molecule has 4 nitrogen and oxygen atoms in total. The molecule has 30 aromatic rings. The predicted molar refractivity (Wildman–Crippen MR) is 651 cm³/mol. The van der Waals surface area contributed by atoms with Crippen LogP contribution in [0.5, 0.6) is 0 Å². The standard InChI is InChI=1S/C36H22ClNS2.C34H20ClNS2.2C30H18ClNS2/c37-25-15-19-29-31-22-27(18-20-34(31)39-35(29)21-25)38(26-16-13-24(14-17-26)23-7-2-1-3-8-23)32-11-6-10-30-28-9-4-5-12-33(28)40-36(30)32;35-22-12-15-28-29-19-23(14-17-32(29)38-33(28)18-22)36(30-10-5-7-21-6-1-2-8-25(21)30)24-13-16-27-26-9-3-4-11-31(26)37-34(27)20-24;31-19-13-15-22-24-18-21(14-16-27(24)34-29(22)17-19)32(20-7-2-1-3-8-20)25-10-6-12-28-30(25)23-9-4-5-11-26(23)33-28;31-19-10-13-24-26-18-22(12-15-29(26)34-30(24)16-19)32(20-6-2-1-3-7-20)21-11-14-28-25(17-21)23-8-4-5-9-27(23)33-28/h1-22H;1-20H;2*1-18H. The van der Waals surface area contributed by atoms with Gasteiger partial charge < -0.3 is 19.6 Å². The highest BCUT2D eigenvalue weighted by Crippen LogP contribution is 2.54. The fourth-order valence-corrected chi connectivity index (χ4v) is 30.8. The van der Waals surface area contributed by atoms with Crippen LogP contribution in [0.1, 0.15) is 0 Å². The zero-order valence-electron chi connectivity index (χ0n) is 77.6. The molecular formula is C130H78Cl4N4S8. The van der Waals surface area contributed by atoms with Gasteiger partial charge in [-0.3, -0.25) is 0 Å². The largest absolute Gasteiger partial charge is 0.310 e. The highest BCUT2D eigenvalue weighted by atomic mass is 35.5. The summed E-state index contributed by atoms with van der Waals surface area (Å²) in [6.45, 7) is 0. The minimum absolute atomic E-state index is 0.774. The average Bonchev–Trinajstić information content (AvgIpc) is 1.58. The van der Waals surface area contributed by atoms with Gasteiger partial charge in [0.05, 0.1) is 21.8 Å². The molecule has 16 heteroatoms. The fraction of sp³-hybridized carbons (Fsp3) is 0. The van der Waals surface area contributed by atoms with Gasteiger partial charge in [-0.05, 0) is 253 Å². The second-order valence-corrected chi connectivity index (χ2v) is 46.6. The van der Waals surface area contributed by atoms with Crippen LogP contribution in [-0.2, 0) is 0 Å². The Balaban J connectivity index is 0.0000000967. The van der Waals surface area contributed by atoms with Crippen molar-refractivity contribution < 1.29 is 0 Å². The molecule has 0 saturated carbocycles. The molecule has 694 valence electrons. The Morgan fingerprint density at radius 2 is 0.404 bits per heavy atom. The van der Waals surface area contributed by atoms with E-state index in [-0.39, 0.29) is 0 Å². The molecule has 0 bridgehead atoms. The van der Waals surface area contributed by atoms with Crippen molar-refractivity contribution in [2.45, 2.75) is 0 Å². The van der Waals surface area contributed by atoms with E-state index >= 15 is 0 Å². The maximum atomic E-state index is 6.33. The molecule has 8 heterocycles. The van der Waals surface area contributed by atoms with E-state index in [1.165, 1.54) is 200 Å². The number of hydrogen-bond acceptors (Lipinski definition) is 12. The van der Waals surface area contributed by atoms with E-state index in [9.17, 15) is 0 Å². The van der Waals surface area contributed by atoms with Crippen LogP contribution in [0.4, 0.5) is 68.2 Å². The topological polar surface area (TPSA) is 13.0 Å². The first kappa shape index (κ1) is 90.0. The van der Waals surface area contributed by atoms with Gasteiger partial charge in [0.15, 0.2) is 0 Å². The first-order valence-electron chi connectivity index (χ1n) is 48.0. The van der Waals surface area contributed by atoms with Gasteiger partial charge in [0.25, 0.3) is 0 Å². The van der Waals surface area contributed by atoms with Crippen LogP contribution in [0, 0.1) is 0 Å². The highest BCUT2D eigenvalue weighted by Gasteiger charge is 2.26. The van der Waals surface area contributed by atoms with Crippen molar-refractivity contribution in [2.24, 2.45) is 0 Å². The van der Waals surface area contributed by atoms with Gasteiger partial charge in [-0.1, -0.05) is 283 Å². The summed E-state index contributed by atoms with van der Waals surface area (Å²) in [5, 5.41) is 26.0. The van der Waals surface area contributed by atoms with Crippen molar-refractivity contribution in [3.8, 4) is 11.1 Å². The molecule has 0 aliphatic rings. The van der Waals surface area contributed by atoms with Crippen molar-refractivity contribution in [3.05, 3.63) is 493 Å². The Kier molecular flexibility index (Phi) is 23.4. The number of halogens is 4. The number of thiophene rings is 8. The number of benzene rings is 22. The molecule has 0 amide bonds. The van der Waals surface area contributed by atoms with Crippen LogP contribution in [0.25, 0.3) is 183 Å². The van der Waals surface area contributed by atoms with E-state index in [4.69, 9.17) is 46.4 Å². The van der Waals surface area contributed by atoms with E-state index in [1.807, 2.05) is 69.6 Å². The number of para-hydroxylation sites is 2. The number of nitrogens with zero attached hydrogens (tertiary/aromatic N) is 4. The molecule has 0 saturated heterocycles. The Morgan fingerprint density at radius 3 is 0.897 bits per heavy atom. The number of hydrogen-bond donors (Lipinski definition) is 0. The monoisotopic (exact) mass is 2090 g/mol. The Hall–Kier alpha value is -14.8. The zero-order chi connectivity index (χ0) is 97.1. The maximum Gasteiger partial charge on any atom is 0.0640 e. The van der Waals surface area contributed by atoms with Gasteiger partial charge in [-0.15, -0.1) is 90.7 Å². The lowest BCUT2D eigenvalue weighted by atomic mass is 10.0. The Morgan fingerprint density at radius 1 is 0.137 bits per heavy atom. The van der Waals surface area contributed by atoms with Crippen molar-refractivity contribution in [1.82, 2.24) is 0 Å². The Bertz CT molecular complexity index is 10400. The average molecular weight is 2090 g/mol. The molecule has 0 N–H and O–H groups in total. The second kappa shape index (κ2) is 38.0. The molecule has 22 aromatic carbocycles. The second-order valence-electron chi connectivity index (χ2n) is 36.2. The quantitative estimate of drug-likeness (QED) is 0.114. The van der Waals surface area contributed by atoms with Gasteiger partial charge >= 0.3 is 0 Å². The summed E-state index contributed by atoms with van der Waals surface area (Å²) < 4.78 is 20.4. The zero-order valence-corrected chi connectivity index (χ0v) is 87.2. The summed E-state index contributed by atoms with van der Waals surface area (Å²) in [5.41, 5.74) is 16.3. The summed E-state index contributed by atoms with van der Waals surface area (Å²) in [7, 11) is 0. The third-order valence-corrected chi connectivity index (χ3v) is 37.6. The van der Waals surface area contributed by atoms with Crippen LogP contribution in [0.15, 0.2) is 473 Å². The normalized spacial score (nSPS) is 11.7. The predicted octanol–water partition coefficient (Wildman–Crippen LogP) is 45.0. The van der Waals surface area contributed by atoms with Crippen LogP contribution >= 0.6 is 137 Å². The van der Waals surface area contributed by atoms with Crippen molar-refractivity contribution in [3.63, 3.8) is 0 Å². The van der Waals surface area contributed by atoms with E-state index in [0.717, 1.165) is 71.3 Å². The van der Waals surface area contributed by atoms with Crippen molar-refractivity contribution >= 4 is 377 Å². The molecule has 0 atom stereocenters. The minimum Gasteiger partial charge on any atom is -0.310 e. The SMILES string of the molecule is Clc1ccc2c(c1)sc1ccc(N(c3ccc(-c4ccccc4)cc3)c3cccc4c3sc3ccccc34)cc12.Clc1ccc2c(c1)sc1ccc(N(c3ccc4c(c3)sc3ccccc34)c3cccc4ccccc34)cc12.Clc1ccc2c(c1)sc1ccc(N(c3ccccc3)c3ccc4sc5ccccc5c4c3)cc12.Clc1ccc2c(c1)sc1ccc(N(c3ccccc3)c3cccc4sc5ccccc5c34)cc12. The molecular weight excluding hydrogens is 2020 g/mol. The summed E-state index contributed by atoms with van der Waals surface area (Å²) >= 11 is 39.8. The summed E-state index contributed by atoms with van der Waals surface area (Å²) in [4.78, 5) is 9.56. The molecule has 8 aromatic heterocycles. The van der Waals surface area contributed by atoms with E-state index in [0.29, 0.717) is 0 Å². The van der Waals surface area contributed by atoms with Crippen LogP contribution in [-0.4, -0.2) is 0 Å². The summed E-state index contributed by atoms with van der Waals surface area (Å²) in [5.74, 6) is 0. The fourth-order valence-electron chi connectivity index (χ4n) is 20.8. The van der Waals surface area contributed by atoms with Crippen LogP contribution in [0.3, 0.4) is 0 Å². The van der Waals surface area contributed by atoms with E-state index in [1.54, 1.807) is 45.3 Å². The molecule has 0 aliphatic carbocycles. The third-order valence-electron chi connectivity index (χ3n) is 27.5. The molecule has 0 fully saturated rings. The summed E-state index contributed by atoms with van der Waals surface area (Å²) in [6.07, 6.45) is 0.